The zero-order chi connectivity index (χ0) is 11.2. The average molecular weight is 220 g/mol. The summed E-state index contributed by atoms with van der Waals surface area (Å²) in [5.74, 6) is 0.948. The van der Waals surface area contributed by atoms with Crippen LogP contribution in [-0.4, -0.2) is 40.5 Å². The van der Waals surface area contributed by atoms with Crippen LogP contribution < -0.4 is 5.32 Å². The number of hydrogen-bond acceptors (Lipinski definition) is 4. The maximum absolute atomic E-state index is 4.19. The highest BCUT2D eigenvalue weighted by molar-refractivity contribution is 5.33. The smallest absolute Gasteiger partial charge is 0.129 e. The molecule has 1 aliphatic rings. The molecule has 0 aromatic carbocycles. The lowest BCUT2D eigenvalue weighted by Gasteiger charge is -2.32. The topological polar surface area (TPSA) is 41.0 Å². The highest BCUT2D eigenvalue weighted by Crippen LogP contribution is 2.14. The Morgan fingerprint density at radius 2 is 2.25 bits per heavy atom. The van der Waals surface area contributed by atoms with Gasteiger partial charge < -0.3 is 10.2 Å². The van der Waals surface area contributed by atoms with E-state index in [1.54, 1.807) is 12.5 Å². The quantitative estimate of drug-likeness (QED) is 0.839. The third kappa shape index (κ3) is 3.17. The number of aromatic nitrogens is 2. The second-order valence-electron chi connectivity index (χ2n) is 4.35. The van der Waals surface area contributed by atoms with Crippen LogP contribution in [-0.2, 0) is 0 Å². The van der Waals surface area contributed by atoms with Gasteiger partial charge in [-0.1, -0.05) is 6.92 Å². The molecule has 0 aliphatic carbocycles. The summed E-state index contributed by atoms with van der Waals surface area (Å²) in [6.07, 6.45) is 7.05. The minimum atomic E-state index is 0.572. The van der Waals surface area contributed by atoms with Gasteiger partial charge >= 0.3 is 0 Å². The fraction of sp³-hybridized carbons (Fsp3) is 0.667. The minimum Gasteiger partial charge on any atom is -0.367 e. The van der Waals surface area contributed by atoms with Crippen molar-refractivity contribution < 1.29 is 0 Å². The molecule has 4 nitrogen and oxygen atoms in total. The molecule has 0 spiro atoms. The van der Waals surface area contributed by atoms with E-state index in [9.17, 15) is 0 Å². The summed E-state index contributed by atoms with van der Waals surface area (Å²) in [5, 5.41) is 3.47. The highest BCUT2D eigenvalue weighted by Gasteiger charge is 2.18. The summed E-state index contributed by atoms with van der Waals surface area (Å²) in [5.41, 5.74) is 0. The SMILES string of the molecule is CCCN1CCC(Nc2ccncn2)CC1. The molecule has 4 heteroatoms. The molecule has 0 unspecified atom stereocenters. The average Bonchev–Trinajstić information content (AvgIpc) is 2.33. The van der Waals surface area contributed by atoms with E-state index in [2.05, 4.69) is 27.1 Å². The van der Waals surface area contributed by atoms with Gasteiger partial charge in [0.1, 0.15) is 12.1 Å². The van der Waals surface area contributed by atoms with Crippen LogP contribution in [0.3, 0.4) is 0 Å². The first-order valence-electron chi connectivity index (χ1n) is 6.13. The van der Waals surface area contributed by atoms with E-state index in [-0.39, 0.29) is 0 Å². The number of nitrogens with one attached hydrogen (secondary N) is 1. The molecule has 0 saturated carbocycles. The molecule has 0 amide bonds. The number of nitrogens with zero attached hydrogens (tertiary/aromatic N) is 3. The largest absolute Gasteiger partial charge is 0.367 e. The summed E-state index contributed by atoms with van der Waals surface area (Å²) >= 11 is 0. The number of piperidine rings is 1. The van der Waals surface area contributed by atoms with Crippen LogP contribution in [0.2, 0.25) is 0 Å². The molecular formula is C12H20N4. The highest BCUT2D eigenvalue weighted by atomic mass is 15.1. The number of anilines is 1. The lowest BCUT2D eigenvalue weighted by Crippen LogP contribution is -2.39. The first-order chi connectivity index (χ1) is 7.88. The lowest BCUT2D eigenvalue weighted by atomic mass is 10.1. The van der Waals surface area contributed by atoms with E-state index in [0.717, 1.165) is 5.82 Å². The molecule has 0 bridgehead atoms. The van der Waals surface area contributed by atoms with Crippen molar-refractivity contribution in [1.29, 1.82) is 0 Å². The van der Waals surface area contributed by atoms with Crippen LogP contribution in [0.1, 0.15) is 26.2 Å². The van der Waals surface area contributed by atoms with Gasteiger partial charge in [-0.3, -0.25) is 0 Å². The van der Waals surface area contributed by atoms with E-state index < -0.39 is 0 Å². The first kappa shape index (κ1) is 11.3. The van der Waals surface area contributed by atoms with Gasteiger partial charge in [0, 0.05) is 25.3 Å². The van der Waals surface area contributed by atoms with Crippen molar-refractivity contribution in [3.8, 4) is 0 Å². The Bertz CT molecular complexity index is 293. The van der Waals surface area contributed by atoms with E-state index in [1.165, 1.54) is 38.9 Å². The molecule has 0 atom stereocenters. The predicted molar refractivity (Wildman–Crippen MR) is 65.4 cm³/mol. The summed E-state index contributed by atoms with van der Waals surface area (Å²) in [7, 11) is 0. The molecule has 1 saturated heterocycles. The number of hydrogen-bond donors (Lipinski definition) is 1. The fourth-order valence-corrected chi connectivity index (χ4v) is 2.20. The Balaban J connectivity index is 1.77. The standard InChI is InChI=1S/C12H20N4/c1-2-7-16-8-4-11(5-9-16)15-12-3-6-13-10-14-12/h3,6,10-11H,2,4-5,7-9H2,1H3,(H,13,14,15). The van der Waals surface area contributed by atoms with E-state index in [1.807, 2.05) is 6.07 Å². The van der Waals surface area contributed by atoms with Crippen molar-refractivity contribution in [3.63, 3.8) is 0 Å². The van der Waals surface area contributed by atoms with Crippen LogP contribution >= 0.6 is 0 Å². The van der Waals surface area contributed by atoms with E-state index in [4.69, 9.17) is 0 Å². The molecule has 1 aromatic rings. The third-order valence-corrected chi connectivity index (χ3v) is 3.06. The lowest BCUT2D eigenvalue weighted by molar-refractivity contribution is 0.219. The summed E-state index contributed by atoms with van der Waals surface area (Å²) in [6.45, 7) is 5.89. The molecular weight excluding hydrogens is 200 g/mol. The maximum Gasteiger partial charge on any atom is 0.129 e. The molecule has 1 fully saturated rings. The maximum atomic E-state index is 4.19. The molecule has 88 valence electrons. The van der Waals surface area contributed by atoms with Gasteiger partial charge in [0.05, 0.1) is 0 Å². The Kier molecular flexibility index (Phi) is 4.10. The van der Waals surface area contributed by atoms with Crippen LogP contribution in [0.4, 0.5) is 5.82 Å². The van der Waals surface area contributed by atoms with Crippen molar-refractivity contribution in [2.45, 2.75) is 32.2 Å². The summed E-state index contributed by atoms with van der Waals surface area (Å²) in [6, 6.07) is 2.50. The predicted octanol–water partition coefficient (Wildman–Crippen LogP) is 1.76. The van der Waals surface area contributed by atoms with Gasteiger partial charge in [0.25, 0.3) is 0 Å². The van der Waals surface area contributed by atoms with Crippen LogP contribution in [0.15, 0.2) is 18.6 Å². The van der Waals surface area contributed by atoms with Gasteiger partial charge in [-0.15, -0.1) is 0 Å². The Morgan fingerprint density at radius 3 is 2.88 bits per heavy atom. The second kappa shape index (κ2) is 5.80. The molecule has 2 heterocycles. The van der Waals surface area contributed by atoms with E-state index in [0.29, 0.717) is 6.04 Å². The molecule has 16 heavy (non-hydrogen) atoms. The van der Waals surface area contributed by atoms with Crippen molar-refractivity contribution >= 4 is 5.82 Å². The number of rotatable bonds is 4. The molecule has 2 rings (SSSR count). The van der Waals surface area contributed by atoms with Gasteiger partial charge in [-0.05, 0) is 31.9 Å². The third-order valence-electron chi connectivity index (χ3n) is 3.06. The fourth-order valence-electron chi connectivity index (χ4n) is 2.20. The second-order valence-corrected chi connectivity index (χ2v) is 4.35. The Morgan fingerprint density at radius 1 is 1.44 bits per heavy atom. The Labute approximate surface area is 97.1 Å². The van der Waals surface area contributed by atoms with Crippen LogP contribution in [0.25, 0.3) is 0 Å². The Hall–Kier alpha value is -1.16. The van der Waals surface area contributed by atoms with Crippen molar-refractivity contribution in [2.24, 2.45) is 0 Å². The van der Waals surface area contributed by atoms with Gasteiger partial charge in [-0.25, -0.2) is 9.97 Å². The normalized spacial score (nSPS) is 18.6. The van der Waals surface area contributed by atoms with Gasteiger partial charge in [0.15, 0.2) is 0 Å². The molecule has 1 aliphatic heterocycles. The van der Waals surface area contributed by atoms with Crippen molar-refractivity contribution in [2.75, 3.05) is 25.0 Å². The van der Waals surface area contributed by atoms with Crippen LogP contribution in [0.5, 0.6) is 0 Å². The monoisotopic (exact) mass is 220 g/mol. The van der Waals surface area contributed by atoms with Crippen molar-refractivity contribution in [3.05, 3.63) is 18.6 Å². The minimum absolute atomic E-state index is 0.572. The molecule has 1 N–H and O–H groups in total. The summed E-state index contributed by atoms with van der Waals surface area (Å²) < 4.78 is 0. The van der Waals surface area contributed by atoms with Gasteiger partial charge in [-0.2, -0.15) is 0 Å². The first-order valence-corrected chi connectivity index (χ1v) is 6.13. The number of likely N-dealkylation sites (tertiary alicyclic amines) is 1. The van der Waals surface area contributed by atoms with Gasteiger partial charge in [0.2, 0.25) is 0 Å². The van der Waals surface area contributed by atoms with Crippen LogP contribution in [0, 0.1) is 0 Å². The van der Waals surface area contributed by atoms with E-state index >= 15 is 0 Å². The molecule has 0 radical (unpaired) electrons. The summed E-state index contributed by atoms with van der Waals surface area (Å²) in [4.78, 5) is 10.6. The molecule has 1 aromatic heterocycles. The van der Waals surface area contributed by atoms with Crippen molar-refractivity contribution in [1.82, 2.24) is 14.9 Å². The zero-order valence-electron chi connectivity index (χ0n) is 9.89. The zero-order valence-corrected chi connectivity index (χ0v) is 9.89.